The lowest BCUT2D eigenvalue weighted by atomic mass is 9.83. The molecule has 0 radical (unpaired) electrons. The van der Waals surface area contributed by atoms with Crippen LogP contribution in [0, 0.1) is 0 Å². The van der Waals surface area contributed by atoms with Crippen molar-refractivity contribution in [1.82, 2.24) is 0 Å². The van der Waals surface area contributed by atoms with E-state index in [0.29, 0.717) is 5.03 Å². The molecule has 0 spiro atoms. The highest BCUT2D eigenvalue weighted by molar-refractivity contribution is 6.59. The van der Waals surface area contributed by atoms with Crippen molar-refractivity contribution >= 4 is 34.8 Å². The standard InChI is InChI=1S/C12H11Cl3/c13-11(12(14)15)10-7-3-5-8-4-1-2-6-9(8)10/h1-2,4,6,10H,3,5,7H2. The Morgan fingerprint density at radius 2 is 1.87 bits per heavy atom. The third-order valence-electron chi connectivity index (χ3n) is 2.86. The first-order valence-electron chi connectivity index (χ1n) is 4.98. The van der Waals surface area contributed by atoms with E-state index in [2.05, 4.69) is 18.2 Å². The van der Waals surface area contributed by atoms with Gasteiger partial charge in [-0.25, -0.2) is 0 Å². The van der Waals surface area contributed by atoms with Gasteiger partial charge in [0.25, 0.3) is 0 Å². The molecule has 0 aromatic heterocycles. The van der Waals surface area contributed by atoms with Gasteiger partial charge in [0.2, 0.25) is 0 Å². The molecule has 1 aromatic carbocycles. The summed E-state index contributed by atoms with van der Waals surface area (Å²) in [5, 5.41) is 0.575. The Kier molecular flexibility index (Phi) is 3.60. The largest absolute Gasteiger partial charge is 0.121 e. The molecule has 0 amide bonds. The lowest BCUT2D eigenvalue weighted by molar-refractivity contribution is 0.622. The fraction of sp³-hybridized carbons (Fsp3) is 0.333. The van der Waals surface area contributed by atoms with Gasteiger partial charge in [0.15, 0.2) is 0 Å². The second-order valence-electron chi connectivity index (χ2n) is 3.75. The van der Waals surface area contributed by atoms with Gasteiger partial charge < -0.3 is 0 Å². The maximum absolute atomic E-state index is 6.14. The minimum atomic E-state index is 0.182. The first kappa shape index (κ1) is 11.3. The number of halogens is 3. The summed E-state index contributed by atoms with van der Waals surface area (Å²) in [4.78, 5) is 0. The molecule has 0 aliphatic heterocycles. The van der Waals surface area contributed by atoms with Gasteiger partial charge in [0.1, 0.15) is 4.49 Å². The van der Waals surface area contributed by atoms with Crippen LogP contribution in [0.5, 0.6) is 0 Å². The van der Waals surface area contributed by atoms with Gasteiger partial charge in [-0.1, -0.05) is 59.1 Å². The summed E-state index contributed by atoms with van der Waals surface area (Å²) in [7, 11) is 0. The smallest absolute Gasteiger partial charge is 0.0859 e. The topological polar surface area (TPSA) is 0 Å². The summed E-state index contributed by atoms with van der Waals surface area (Å²) >= 11 is 17.6. The van der Waals surface area contributed by atoms with E-state index in [1.54, 1.807) is 0 Å². The summed E-state index contributed by atoms with van der Waals surface area (Å²) in [6.07, 6.45) is 3.29. The number of hydrogen-bond donors (Lipinski definition) is 0. The molecular weight excluding hydrogens is 250 g/mol. The molecule has 15 heavy (non-hydrogen) atoms. The van der Waals surface area contributed by atoms with Gasteiger partial charge in [-0.2, -0.15) is 0 Å². The average molecular weight is 262 g/mol. The predicted molar refractivity (Wildman–Crippen MR) is 66.7 cm³/mol. The van der Waals surface area contributed by atoms with Crippen LogP contribution >= 0.6 is 34.8 Å². The average Bonchev–Trinajstić information content (AvgIpc) is 2.27. The molecule has 0 saturated heterocycles. The van der Waals surface area contributed by atoms with Crippen molar-refractivity contribution < 1.29 is 0 Å². The fourth-order valence-electron chi connectivity index (χ4n) is 2.15. The van der Waals surface area contributed by atoms with E-state index in [0.717, 1.165) is 19.3 Å². The Morgan fingerprint density at radius 1 is 1.13 bits per heavy atom. The van der Waals surface area contributed by atoms with E-state index in [9.17, 15) is 0 Å². The van der Waals surface area contributed by atoms with Gasteiger partial charge in [-0.05, 0) is 30.4 Å². The normalized spacial score (nSPS) is 19.5. The van der Waals surface area contributed by atoms with E-state index in [1.165, 1.54) is 11.1 Å². The summed E-state index contributed by atoms with van der Waals surface area (Å²) in [5.41, 5.74) is 2.63. The minimum absolute atomic E-state index is 0.182. The second-order valence-corrected chi connectivity index (χ2v) is 5.11. The first-order chi connectivity index (χ1) is 7.20. The zero-order chi connectivity index (χ0) is 10.8. The lowest BCUT2D eigenvalue weighted by Crippen LogP contribution is -2.10. The lowest BCUT2D eigenvalue weighted by Gasteiger charge is -2.25. The van der Waals surface area contributed by atoms with Crippen molar-refractivity contribution in [2.75, 3.05) is 0 Å². The van der Waals surface area contributed by atoms with Crippen molar-refractivity contribution in [3.63, 3.8) is 0 Å². The number of allylic oxidation sites excluding steroid dienone is 1. The zero-order valence-electron chi connectivity index (χ0n) is 8.14. The molecule has 1 aromatic rings. The van der Waals surface area contributed by atoms with Crippen molar-refractivity contribution in [3.05, 3.63) is 44.9 Å². The Bertz CT molecular complexity index is 392. The maximum Gasteiger partial charge on any atom is 0.121 e. The molecular formula is C12H11Cl3. The molecule has 0 nitrogen and oxygen atoms in total. The maximum atomic E-state index is 6.14. The van der Waals surface area contributed by atoms with Crippen LogP contribution in [0.1, 0.15) is 29.9 Å². The quantitative estimate of drug-likeness (QED) is 0.668. The molecule has 80 valence electrons. The van der Waals surface area contributed by atoms with Crippen LogP contribution in [-0.2, 0) is 6.42 Å². The molecule has 1 unspecified atom stereocenters. The number of benzene rings is 1. The van der Waals surface area contributed by atoms with E-state index in [-0.39, 0.29) is 10.4 Å². The molecule has 0 saturated carbocycles. The Morgan fingerprint density at radius 3 is 2.60 bits per heavy atom. The highest BCUT2D eigenvalue weighted by Crippen LogP contribution is 2.40. The van der Waals surface area contributed by atoms with E-state index in [4.69, 9.17) is 34.8 Å². The Balaban J connectivity index is 2.42. The SMILES string of the molecule is ClC(Cl)=C(Cl)C1CCCc2ccccc21. The third kappa shape index (κ3) is 2.33. The van der Waals surface area contributed by atoms with Gasteiger partial charge in [-0.15, -0.1) is 0 Å². The molecule has 1 atom stereocenters. The van der Waals surface area contributed by atoms with Crippen molar-refractivity contribution in [2.24, 2.45) is 0 Å². The second kappa shape index (κ2) is 4.78. The van der Waals surface area contributed by atoms with Crippen molar-refractivity contribution in [1.29, 1.82) is 0 Å². The number of hydrogen-bond acceptors (Lipinski definition) is 0. The van der Waals surface area contributed by atoms with Crippen LogP contribution in [0.3, 0.4) is 0 Å². The van der Waals surface area contributed by atoms with Gasteiger partial charge in [0.05, 0.1) is 5.03 Å². The number of fused-ring (bicyclic) bond motifs is 1. The molecule has 1 aliphatic carbocycles. The third-order valence-corrected chi connectivity index (χ3v) is 3.91. The van der Waals surface area contributed by atoms with Crippen LogP contribution in [0.2, 0.25) is 0 Å². The van der Waals surface area contributed by atoms with Crippen LogP contribution in [0.25, 0.3) is 0 Å². The van der Waals surface area contributed by atoms with E-state index < -0.39 is 0 Å². The molecule has 0 N–H and O–H groups in total. The molecule has 0 heterocycles. The highest BCUT2D eigenvalue weighted by Gasteiger charge is 2.23. The monoisotopic (exact) mass is 260 g/mol. The number of aryl methyl sites for hydroxylation is 1. The minimum Gasteiger partial charge on any atom is -0.0859 e. The van der Waals surface area contributed by atoms with Crippen molar-refractivity contribution in [3.8, 4) is 0 Å². The molecule has 1 aliphatic rings. The fourth-order valence-corrected chi connectivity index (χ4v) is 2.64. The van der Waals surface area contributed by atoms with Gasteiger partial charge in [0, 0.05) is 5.92 Å². The Labute approximate surface area is 105 Å². The van der Waals surface area contributed by atoms with Crippen LogP contribution in [0.15, 0.2) is 33.8 Å². The molecule has 0 bridgehead atoms. The van der Waals surface area contributed by atoms with Crippen LogP contribution < -0.4 is 0 Å². The number of rotatable bonds is 1. The zero-order valence-corrected chi connectivity index (χ0v) is 10.4. The van der Waals surface area contributed by atoms with Gasteiger partial charge >= 0.3 is 0 Å². The Hall–Kier alpha value is -0.170. The summed E-state index contributed by atoms with van der Waals surface area (Å²) < 4.78 is 0.193. The van der Waals surface area contributed by atoms with E-state index in [1.807, 2.05) is 6.07 Å². The van der Waals surface area contributed by atoms with Crippen LogP contribution in [-0.4, -0.2) is 0 Å². The summed E-state index contributed by atoms with van der Waals surface area (Å²) in [5.74, 6) is 0.182. The molecule has 3 heteroatoms. The predicted octanol–water partition coefficient (Wildman–Crippen LogP) is 4.99. The van der Waals surface area contributed by atoms with Crippen LogP contribution in [0.4, 0.5) is 0 Å². The highest BCUT2D eigenvalue weighted by atomic mass is 35.5. The van der Waals surface area contributed by atoms with E-state index >= 15 is 0 Å². The summed E-state index contributed by atoms with van der Waals surface area (Å²) in [6, 6.07) is 8.34. The molecule has 2 rings (SSSR count). The van der Waals surface area contributed by atoms with Crippen molar-refractivity contribution in [2.45, 2.75) is 25.2 Å². The summed E-state index contributed by atoms with van der Waals surface area (Å²) in [6.45, 7) is 0. The first-order valence-corrected chi connectivity index (χ1v) is 6.12. The van der Waals surface area contributed by atoms with Gasteiger partial charge in [-0.3, -0.25) is 0 Å². The molecule has 0 fully saturated rings.